The second-order valence-corrected chi connectivity index (χ2v) is 19.8. The number of hydrogen-bond acceptors (Lipinski definition) is 2. The average molecular weight is 674 g/mol. The molecule has 1 unspecified atom stereocenters. The lowest BCUT2D eigenvalue weighted by Gasteiger charge is -2.40. The fourth-order valence-corrected chi connectivity index (χ4v) is 10.5. The van der Waals surface area contributed by atoms with Crippen LogP contribution < -0.4 is 20.7 Å². The summed E-state index contributed by atoms with van der Waals surface area (Å²) in [5.41, 5.74) is 5.41. The second-order valence-electron chi connectivity index (χ2n) is 15.3. The molecule has 1 aliphatic heterocycles. The van der Waals surface area contributed by atoms with E-state index in [1.165, 1.54) is 27.0 Å². The van der Waals surface area contributed by atoms with E-state index >= 15 is 0 Å². The van der Waals surface area contributed by atoms with Gasteiger partial charge in [-0.2, -0.15) is 0 Å². The summed E-state index contributed by atoms with van der Waals surface area (Å²) < 4.78 is 23.0. The Morgan fingerprint density at radius 1 is 0.667 bits per heavy atom. The summed E-state index contributed by atoms with van der Waals surface area (Å²) in [7, 11) is -0.192. The quantitative estimate of drug-likeness (QED) is 0.161. The van der Waals surface area contributed by atoms with Crippen molar-refractivity contribution in [1.82, 2.24) is 4.31 Å². The Hall–Kier alpha value is -3.56. The first-order valence-corrected chi connectivity index (χ1v) is 19.2. The van der Waals surface area contributed by atoms with E-state index in [4.69, 9.17) is 4.74 Å². The van der Waals surface area contributed by atoms with Crippen molar-refractivity contribution in [3.63, 3.8) is 0 Å². The zero-order valence-electron chi connectivity index (χ0n) is 29.7. The maximum Gasteiger partial charge on any atom is 0.139 e. The van der Waals surface area contributed by atoms with E-state index in [-0.39, 0.29) is 16.9 Å². The largest absolute Gasteiger partial charge is 0.456 e. The summed E-state index contributed by atoms with van der Waals surface area (Å²) in [6, 6.07) is 43.3. The van der Waals surface area contributed by atoms with Crippen LogP contribution in [0.2, 0.25) is 0 Å². The Labute approximate surface area is 291 Å². The molecule has 0 fully saturated rings. The van der Waals surface area contributed by atoms with E-state index in [0.717, 1.165) is 28.2 Å². The van der Waals surface area contributed by atoms with Gasteiger partial charge in [0.05, 0.1) is 10.8 Å². The first-order chi connectivity index (χ1) is 22.7. The monoisotopic (exact) mass is 673 g/mol. The molecule has 2 atom stereocenters. The van der Waals surface area contributed by atoms with E-state index in [1.807, 2.05) is 32.1 Å². The van der Waals surface area contributed by atoms with Crippen LogP contribution in [0, 0.1) is 0 Å². The van der Waals surface area contributed by atoms with E-state index < -0.39 is 23.7 Å². The Morgan fingerprint density at radius 2 is 1.19 bits per heavy atom. The first kappa shape index (κ1) is 34.3. The van der Waals surface area contributed by atoms with Crippen LogP contribution in [-0.2, 0) is 21.8 Å². The van der Waals surface area contributed by atoms with Crippen molar-refractivity contribution >= 4 is 34.8 Å². The first-order valence-electron chi connectivity index (χ1n) is 16.8. The number of benzene rings is 5. The van der Waals surface area contributed by atoms with Crippen LogP contribution in [0.4, 0.5) is 0 Å². The van der Waals surface area contributed by atoms with Gasteiger partial charge in [-0.25, -0.2) is 8.51 Å². The molecule has 0 radical (unpaired) electrons. The molecule has 5 aromatic carbocycles. The minimum atomic E-state index is -1.28. The minimum Gasteiger partial charge on any atom is -0.456 e. The van der Waals surface area contributed by atoms with Crippen LogP contribution in [0.15, 0.2) is 121 Å². The third-order valence-electron chi connectivity index (χ3n) is 9.40. The van der Waals surface area contributed by atoms with Crippen molar-refractivity contribution < 1.29 is 8.95 Å². The number of para-hydroxylation sites is 2. The highest BCUT2D eigenvalue weighted by molar-refractivity contribution is 7.84. The Bertz CT molecular complexity index is 1880. The standard InChI is InChI=1S/C43H48NO2PS/c1-41(2,3)31-28-26-30(27-29-31)38(44(9)48(45)42(4,5)6)34-22-16-23-35-39(34)46-40-36(43(35,7)8)24-17-25-37(40)47(32-18-12-10-13-19-32)33-20-14-11-15-21-33/h10-29,38H,1-9H3/t38-,48?/m0/s1. The van der Waals surface area contributed by atoms with Crippen molar-refractivity contribution in [3.05, 3.63) is 149 Å². The van der Waals surface area contributed by atoms with Crippen LogP contribution >= 0.6 is 7.92 Å². The third-order valence-corrected chi connectivity index (χ3v) is 13.6. The molecule has 0 bridgehead atoms. The molecule has 0 amide bonds. The van der Waals surface area contributed by atoms with Crippen LogP contribution in [0.3, 0.4) is 0 Å². The third kappa shape index (κ3) is 6.43. The van der Waals surface area contributed by atoms with E-state index in [2.05, 4.69) is 156 Å². The van der Waals surface area contributed by atoms with Crippen molar-refractivity contribution in [2.75, 3.05) is 7.05 Å². The van der Waals surface area contributed by atoms with Gasteiger partial charge in [-0.15, -0.1) is 0 Å². The Balaban J connectivity index is 1.56. The predicted molar refractivity (Wildman–Crippen MR) is 206 cm³/mol. The molecular weight excluding hydrogens is 626 g/mol. The lowest BCUT2D eigenvalue weighted by molar-refractivity contribution is 0.389. The van der Waals surface area contributed by atoms with Gasteiger partial charge < -0.3 is 4.74 Å². The molecule has 0 aromatic heterocycles. The molecular formula is C43H48NO2PS. The molecule has 0 saturated heterocycles. The molecule has 0 spiro atoms. The molecule has 6 rings (SSSR count). The van der Waals surface area contributed by atoms with Crippen molar-refractivity contribution in [2.24, 2.45) is 0 Å². The van der Waals surface area contributed by atoms with Crippen LogP contribution in [0.1, 0.15) is 89.2 Å². The van der Waals surface area contributed by atoms with E-state index in [1.54, 1.807) is 0 Å². The second kappa shape index (κ2) is 13.0. The normalized spacial score (nSPS) is 15.4. The van der Waals surface area contributed by atoms with Gasteiger partial charge in [0, 0.05) is 34.5 Å². The maximum absolute atomic E-state index is 14.1. The lowest BCUT2D eigenvalue weighted by atomic mass is 9.74. The molecule has 0 N–H and O–H groups in total. The molecule has 3 nitrogen and oxygen atoms in total. The van der Waals surface area contributed by atoms with Crippen LogP contribution in [-0.4, -0.2) is 20.3 Å². The van der Waals surface area contributed by atoms with E-state index in [0.29, 0.717) is 0 Å². The molecule has 1 aliphatic rings. The molecule has 0 saturated carbocycles. The highest BCUT2D eigenvalue weighted by atomic mass is 32.2. The van der Waals surface area contributed by atoms with Gasteiger partial charge >= 0.3 is 0 Å². The predicted octanol–water partition coefficient (Wildman–Crippen LogP) is 9.66. The van der Waals surface area contributed by atoms with Crippen molar-refractivity contribution in [2.45, 2.75) is 77.0 Å². The molecule has 48 heavy (non-hydrogen) atoms. The molecule has 0 aliphatic carbocycles. The zero-order chi connectivity index (χ0) is 34.4. The summed E-state index contributed by atoms with van der Waals surface area (Å²) in [5, 5.41) is 3.76. The topological polar surface area (TPSA) is 29.5 Å². The fourth-order valence-electron chi connectivity index (χ4n) is 6.78. The van der Waals surface area contributed by atoms with Gasteiger partial charge in [0.2, 0.25) is 0 Å². The Morgan fingerprint density at radius 3 is 1.71 bits per heavy atom. The highest BCUT2D eigenvalue weighted by Gasteiger charge is 2.40. The van der Waals surface area contributed by atoms with Crippen LogP contribution in [0.25, 0.3) is 0 Å². The molecule has 1 heterocycles. The zero-order valence-corrected chi connectivity index (χ0v) is 31.5. The number of ether oxygens (including phenoxy) is 1. The lowest BCUT2D eigenvalue weighted by Crippen LogP contribution is -2.38. The highest BCUT2D eigenvalue weighted by Crippen LogP contribution is 2.53. The number of rotatable bonds is 7. The van der Waals surface area contributed by atoms with Crippen molar-refractivity contribution in [3.8, 4) is 11.5 Å². The summed E-state index contributed by atoms with van der Waals surface area (Å²) in [6.45, 7) is 17.4. The van der Waals surface area contributed by atoms with Gasteiger partial charge in [-0.05, 0) is 55.8 Å². The number of nitrogens with zero attached hydrogens (tertiary/aromatic N) is 1. The minimum absolute atomic E-state index is 0.0309. The summed E-state index contributed by atoms with van der Waals surface area (Å²) in [6.07, 6.45) is 0. The van der Waals surface area contributed by atoms with Gasteiger partial charge in [0.15, 0.2) is 0 Å². The number of hydrogen-bond donors (Lipinski definition) is 0. The molecule has 248 valence electrons. The maximum atomic E-state index is 14.1. The molecule has 5 aromatic rings. The average Bonchev–Trinajstić information content (AvgIpc) is 3.06. The fraction of sp³-hybridized carbons (Fsp3) is 0.302. The SMILES string of the molecule is CN([C@@H](c1ccc(C(C)(C)C)cc1)c1cccc2c1Oc1c(P(c3ccccc3)c3ccccc3)cccc1C2(C)C)S(=O)C(C)(C)C. The van der Waals surface area contributed by atoms with Crippen molar-refractivity contribution in [1.29, 1.82) is 0 Å². The van der Waals surface area contributed by atoms with Gasteiger partial charge in [0.1, 0.15) is 22.5 Å². The summed E-state index contributed by atoms with van der Waals surface area (Å²) in [4.78, 5) is 0. The van der Waals surface area contributed by atoms with Gasteiger partial charge in [-0.1, -0.05) is 156 Å². The number of fused-ring (bicyclic) bond motifs is 2. The Kier molecular flexibility index (Phi) is 9.33. The van der Waals surface area contributed by atoms with Gasteiger partial charge in [0.25, 0.3) is 0 Å². The van der Waals surface area contributed by atoms with Gasteiger partial charge in [-0.3, -0.25) is 0 Å². The van der Waals surface area contributed by atoms with E-state index in [9.17, 15) is 4.21 Å². The smallest absolute Gasteiger partial charge is 0.139 e. The molecule has 5 heteroatoms. The van der Waals surface area contributed by atoms with Crippen LogP contribution in [0.5, 0.6) is 11.5 Å². The summed E-state index contributed by atoms with van der Waals surface area (Å²) in [5.74, 6) is 1.80. The summed E-state index contributed by atoms with van der Waals surface area (Å²) >= 11 is 0.